The number of carbonyl (C=O) groups is 1. The van der Waals surface area contributed by atoms with Crippen molar-refractivity contribution >= 4 is 5.91 Å². The first kappa shape index (κ1) is 15.7. The van der Waals surface area contributed by atoms with Crippen molar-refractivity contribution in [3.63, 3.8) is 0 Å². The van der Waals surface area contributed by atoms with E-state index in [0.29, 0.717) is 6.42 Å². The minimum Gasteiger partial charge on any atom is -0.342 e. The summed E-state index contributed by atoms with van der Waals surface area (Å²) >= 11 is 0. The van der Waals surface area contributed by atoms with Gasteiger partial charge in [-0.2, -0.15) is 0 Å². The van der Waals surface area contributed by atoms with Crippen LogP contribution in [-0.2, 0) is 18.3 Å². The Morgan fingerprint density at radius 2 is 1.84 bits per heavy atom. The van der Waals surface area contributed by atoms with Gasteiger partial charge in [0.15, 0.2) is 0 Å². The van der Waals surface area contributed by atoms with Crippen molar-refractivity contribution in [2.24, 2.45) is 7.05 Å². The molecule has 0 aromatic carbocycles. The molecule has 1 heterocycles. The number of nitrogens with zero attached hydrogens (tertiary/aromatic N) is 3. The molecule has 0 bridgehead atoms. The van der Waals surface area contributed by atoms with Crippen molar-refractivity contribution < 1.29 is 4.79 Å². The van der Waals surface area contributed by atoms with Crippen molar-refractivity contribution in [1.82, 2.24) is 14.5 Å². The number of hydrogen-bond donors (Lipinski definition) is 0. The topological polar surface area (TPSA) is 38.1 Å². The minimum absolute atomic E-state index is 0.208. The molecule has 0 aliphatic heterocycles. The van der Waals surface area contributed by atoms with Gasteiger partial charge in [0.2, 0.25) is 5.91 Å². The molecule has 0 saturated carbocycles. The Kier molecular flexibility index (Phi) is 6.60. The van der Waals surface area contributed by atoms with Crippen LogP contribution in [-0.4, -0.2) is 33.4 Å². The zero-order valence-electron chi connectivity index (χ0n) is 12.8. The lowest BCUT2D eigenvalue weighted by Gasteiger charge is -2.22. The van der Waals surface area contributed by atoms with E-state index in [0.717, 1.165) is 50.3 Å². The molecule has 4 nitrogen and oxygen atoms in total. The highest BCUT2D eigenvalue weighted by molar-refractivity contribution is 5.78. The third-order valence-corrected chi connectivity index (χ3v) is 3.41. The van der Waals surface area contributed by atoms with Crippen LogP contribution in [0.4, 0.5) is 0 Å². The van der Waals surface area contributed by atoms with Crippen LogP contribution in [0, 0.1) is 6.92 Å². The van der Waals surface area contributed by atoms with E-state index in [-0.39, 0.29) is 5.91 Å². The molecule has 19 heavy (non-hydrogen) atoms. The fraction of sp³-hybridized carbons (Fsp3) is 0.733. The van der Waals surface area contributed by atoms with Crippen LogP contribution in [0.5, 0.6) is 0 Å². The fourth-order valence-corrected chi connectivity index (χ4v) is 2.04. The summed E-state index contributed by atoms with van der Waals surface area (Å²) in [7, 11) is 1.96. The van der Waals surface area contributed by atoms with Gasteiger partial charge >= 0.3 is 0 Å². The van der Waals surface area contributed by atoms with Crippen molar-refractivity contribution in [1.29, 1.82) is 0 Å². The van der Waals surface area contributed by atoms with Gasteiger partial charge in [0, 0.05) is 26.3 Å². The number of rotatable bonds is 8. The summed E-state index contributed by atoms with van der Waals surface area (Å²) in [6.45, 7) is 8.03. The summed E-state index contributed by atoms with van der Waals surface area (Å²) in [4.78, 5) is 18.7. The molecule has 0 unspecified atom stereocenters. The molecular weight excluding hydrogens is 238 g/mol. The highest BCUT2D eigenvalue weighted by Crippen LogP contribution is 2.06. The second-order valence-corrected chi connectivity index (χ2v) is 5.16. The van der Waals surface area contributed by atoms with E-state index < -0.39 is 0 Å². The molecule has 0 spiro atoms. The first-order valence-electron chi connectivity index (χ1n) is 7.35. The molecule has 1 rings (SSSR count). The first-order chi connectivity index (χ1) is 9.08. The summed E-state index contributed by atoms with van der Waals surface area (Å²) in [5.41, 5.74) is 0.878. The second-order valence-electron chi connectivity index (χ2n) is 5.16. The van der Waals surface area contributed by atoms with E-state index in [2.05, 4.69) is 18.8 Å². The molecule has 0 fully saturated rings. The molecule has 0 aliphatic carbocycles. The van der Waals surface area contributed by atoms with Gasteiger partial charge in [-0.25, -0.2) is 4.98 Å². The number of aryl methyl sites for hydroxylation is 2. The van der Waals surface area contributed by atoms with Gasteiger partial charge < -0.3 is 9.47 Å². The molecule has 1 aromatic rings. The molecule has 1 aromatic heterocycles. The van der Waals surface area contributed by atoms with E-state index in [9.17, 15) is 4.79 Å². The van der Waals surface area contributed by atoms with E-state index >= 15 is 0 Å². The van der Waals surface area contributed by atoms with Gasteiger partial charge in [-0.1, -0.05) is 26.7 Å². The van der Waals surface area contributed by atoms with Gasteiger partial charge in [0.05, 0.1) is 12.1 Å². The molecule has 0 atom stereocenters. The fourth-order valence-electron chi connectivity index (χ4n) is 2.04. The summed E-state index contributed by atoms with van der Waals surface area (Å²) in [6, 6.07) is 0. The smallest absolute Gasteiger partial charge is 0.228 e. The first-order valence-corrected chi connectivity index (χ1v) is 7.35. The molecule has 108 valence electrons. The van der Waals surface area contributed by atoms with Gasteiger partial charge in [0.25, 0.3) is 0 Å². The highest BCUT2D eigenvalue weighted by atomic mass is 16.2. The Morgan fingerprint density at radius 1 is 1.26 bits per heavy atom. The quantitative estimate of drug-likeness (QED) is 0.725. The minimum atomic E-state index is 0.208. The van der Waals surface area contributed by atoms with Crippen LogP contribution in [0.2, 0.25) is 0 Å². The van der Waals surface area contributed by atoms with E-state index in [1.807, 2.05) is 29.6 Å². The summed E-state index contributed by atoms with van der Waals surface area (Å²) in [5.74, 6) is 1.16. The van der Waals surface area contributed by atoms with E-state index in [1.165, 1.54) is 0 Å². The lowest BCUT2D eigenvalue weighted by Crippen LogP contribution is -2.34. The number of carbonyl (C=O) groups excluding carboxylic acids is 1. The summed E-state index contributed by atoms with van der Waals surface area (Å²) in [6.07, 6.45) is 6.78. The molecule has 0 radical (unpaired) electrons. The summed E-state index contributed by atoms with van der Waals surface area (Å²) < 4.78 is 1.96. The van der Waals surface area contributed by atoms with Crippen molar-refractivity contribution in [3.8, 4) is 0 Å². The lowest BCUT2D eigenvalue weighted by atomic mass is 10.2. The number of unbranched alkanes of at least 4 members (excludes halogenated alkanes) is 2. The van der Waals surface area contributed by atoms with Crippen molar-refractivity contribution in [2.75, 3.05) is 13.1 Å². The predicted octanol–water partition coefficient (Wildman–Crippen LogP) is 2.70. The van der Waals surface area contributed by atoms with Crippen LogP contribution in [0.1, 0.15) is 51.0 Å². The Morgan fingerprint density at radius 3 is 2.26 bits per heavy atom. The second kappa shape index (κ2) is 7.97. The Labute approximate surface area is 116 Å². The van der Waals surface area contributed by atoms with Crippen LogP contribution in [0.25, 0.3) is 0 Å². The van der Waals surface area contributed by atoms with Crippen LogP contribution in [0.15, 0.2) is 6.20 Å². The lowest BCUT2D eigenvalue weighted by molar-refractivity contribution is -0.130. The zero-order valence-corrected chi connectivity index (χ0v) is 12.8. The molecular formula is C15H27N3O. The third-order valence-electron chi connectivity index (χ3n) is 3.41. The van der Waals surface area contributed by atoms with Crippen LogP contribution in [0.3, 0.4) is 0 Å². The van der Waals surface area contributed by atoms with Crippen molar-refractivity contribution in [2.45, 2.75) is 52.9 Å². The average Bonchev–Trinajstić information content (AvgIpc) is 2.68. The molecule has 1 amide bonds. The molecule has 0 N–H and O–H groups in total. The molecule has 4 heteroatoms. The maximum absolute atomic E-state index is 12.3. The Hall–Kier alpha value is -1.32. The highest BCUT2D eigenvalue weighted by Gasteiger charge is 2.14. The summed E-state index contributed by atoms with van der Waals surface area (Å²) in [5, 5.41) is 0. The van der Waals surface area contributed by atoms with E-state index in [1.54, 1.807) is 0 Å². The number of imidazole rings is 1. The van der Waals surface area contributed by atoms with Crippen LogP contribution >= 0.6 is 0 Å². The standard InChI is InChI=1S/C15H27N3O/c1-5-7-9-18(10-8-6-2)15(19)11-14-12-17(4)13(3)16-14/h12H,5-11H2,1-4H3. The maximum Gasteiger partial charge on any atom is 0.228 e. The number of hydrogen-bond acceptors (Lipinski definition) is 2. The Bertz CT molecular complexity index is 371. The van der Waals surface area contributed by atoms with Gasteiger partial charge in [-0.05, 0) is 19.8 Å². The monoisotopic (exact) mass is 265 g/mol. The van der Waals surface area contributed by atoms with Crippen LogP contribution < -0.4 is 0 Å². The average molecular weight is 265 g/mol. The van der Waals surface area contributed by atoms with Gasteiger partial charge in [0.1, 0.15) is 5.82 Å². The molecule has 0 saturated heterocycles. The van der Waals surface area contributed by atoms with Gasteiger partial charge in [-0.3, -0.25) is 4.79 Å². The normalized spacial score (nSPS) is 10.7. The number of amides is 1. The van der Waals surface area contributed by atoms with Crippen molar-refractivity contribution in [3.05, 3.63) is 17.7 Å². The largest absolute Gasteiger partial charge is 0.342 e. The SMILES string of the molecule is CCCCN(CCCC)C(=O)Cc1cn(C)c(C)n1. The molecule has 0 aliphatic rings. The number of aromatic nitrogens is 2. The zero-order chi connectivity index (χ0) is 14.3. The van der Waals surface area contributed by atoms with E-state index in [4.69, 9.17) is 0 Å². The third kappa shape index (κ3) is 5.05. The predicted molar refractivity (Wildman–Crippen MR) is 78.0 cm³/mol. The Balaban J connectivity index is 2.59. The maximum atomic E-state index is 12.3. The van der Waals surface area contributed by atoms with Gasteiger partial charge in [-0.15, -0.1) is 0 Å².